The Labute approximate surface area is 150 Å². The number of sulfonamides is 1. The van der Waals surface area contributed by atoms with Crippen molar-refractivity contribution in [2.24, 2.45) is 5.14 Å². The molecule has 13 heteroatoms. The van der Waals surface area contributed by atoms with E-state index in [0.717, 1.165) is 6.07 Å². The fraction of sp³-hybridized carbons (Fsp3) is 0.143. The van der Waals surface area contributed by atoms with Crippen molar-refractivity contribution in [2.75, 3.05) is 5.73 Å². The molecule has 27 heavy (non-hydrogen) atoms. The number of anilines is 1. The molecule has 0 amide bonds. The number of benzene rings is 1. The highest BCUT2D eigenvalue weighted by atomic mass is 32.2. The third-order valence-corrected chi connectivity index (χ3v) is 4.73. The van der Waals surface area contributed by atoms with Gasteiger partial charge in [0.2, 0.25) is 15.8 Å². The van der Waals surface area contributed by atoms with Crippen LogP contribution in [0.3, 0.4) is 0 Å². The van der Waals surface area contributed by atoms with Gasteiger partial charge in [0.05, 0.1) is 11.1 Å². The van der Waals surface area contributed by atoms with E-state index in [-0.39, 0.29) is 17.2 Å². The summed E-state index contributed by atoms with van der Waals surface area (Å²) < 4.78 is 64.6. The number of halogens is 3. The summed E-state index contributed by atoms with van der Waals surface area (Å²) in [4.78, 5) is 2.76. The van der Waals surface area contributed by atoms with Gasteiger partial charge in [-0.2, -0.15) is 18.4 Å². The van der Waals surface area contributed by atoms with Crippen LogP contribution in [0.5, 0.6) is 0 Å². The van der Waals surface area contributed by atoms with Crippen LogP contribution in [0, 0.1) is 6.92 Å². The van der Waals surface area contributed by atoms with E-state index in [1.165, 1.54) is 12.3 Å². The summed E-state index contributed by atoms with van der Waals surface area (Å²) in [6, 6.07) is 3.22. The Hall–Kier alpha value is -3.06. The van der Waals surface area contributed by atoms with Crippen molar-refractivity contribution in [2.45, 2.75) is 18.0 Å². The molecule has 9 nitrogen and oxygen atoms in total. The van der Waals surface area contributed by atoms with Crippen molar-refractivity contribution in [3.8, 4) is 22.5 Å². The zero-order valence-electron chi connectivity index (χ0n) is 13.6. The van der Waals surface area contributed by atoms with E-state index in [1.54, 1.807) is 6.92 Å². The molecule has 0 saturated carbocycles. The fourth-order valence-electron chi connectivity index (χ4n) is 2.68. The number of aromatic nitrogens is 5. The molecule has 0 aliphatic carbocycles. The van der Waals surface area contributed by atoms with Crippen LogP contribution in [0.1, 0.15) is 11.1 Å². The van der Waals surface area contributed by atoms with E-state index in [4.69, 9.17) is 10.9 Å². The van der Waals surface area contributed by atoms with Crippen LogP contribution >= 0.6 is 0 Å². The number of nitrogens with one attached hydrogen (secondary N) is 1. The van der Waals surface area contributed by atoms with Crippen LogP contribution < -0.4 is 10.9 Å². The van der Waals surface area contributed by atoms with Crippen molar-refractivity contribution < 1.29 is 21.6 Å². The van der Waals surface area contributed by atoms with Gasteiger partial charge in [-0.25, -0.2) is 18.5 Å². The number of aromatic amines is 1. The van der Waals surface area contributed by atoms with Crippen molar-refractivity contribution in [3.63, 3.8) is 0 Å². The molecule has 1 aromatic carbocycles. The predicted octanol–water partition coefficient (Wildman–Crippen LogP) is 1.49. The molecule has 0 radical (unpaired) electrons. The minimum Gasteiger partial charge on any atom is -0.384 e. The number of rotatable bonds is 3. The van der Waals surface area contributed by atoms with Crippen molar-refractivity contribution in [1.29, 1.82) is 0 Å². The molecular weight excluding hydrogens is 387 g/mol. The number of nitrogens with two attached hydrogens (primary N) is 2. The number of nitrogen functional groups attached to an aromatic ring is 1. The summed E-state index contributed by atoms with van der Waals surface area (Å²) in [6.45, 7) is 1.64. The first-order chi connectivity index (χ1) is 12.5. The van der Waals surface area contributed by atoms with E-state index >= 15 is 0 Å². The van der Waals surface area contributed by atoms with Gasteiger partial charge in [-0.05, 0) is 35.4 Å². The number of aryl methyl sites for hydroxylation is 1. The number of hydrogen-bond donors (Lipinski definition) is 3. The summed E-state index contributed by atoms with van der Waals surface area (Å²) in [5.74, 6) is -0.174. The topological polar surface area (TPSA) is 154 Å². The second-order valence-electron chi connectivity index (χ2n) is 5.57. The lowest BCUT2D eigenvalue weighted by atomic mass is 9.95. The first-order valence-corrected chi connectivity index (χ1v) is 8.78. The molecule has 0 unspecified atom stereocenters. The van der Waals surface area contributed by atoms with Crippen LogP contribution in [-0.4, -0.2) is 34.0 Å². The van der Waals surface area contributed by atoms with Gasteiger partial charge in [-0.1, -0.05) is 6.07 Å². The van der Waals surface area contributed by atoms with E-state index in [2.05, 4.69) is 25.6 Å². The molecule has 0 bridgehead atoms. The molecule has 0 spiro atoms. The van der Waals surface area contributed by atoms with Gasteiger partial charge in [0, 0.05) is 11.8 Å². The van der Waals surface area contributed by atoms with E-state index in [0.29, 0.717) is 17.2 Å². The summed E-state index contributed by atoms with van der Waals surface area (Å²) in [7, 11) is -4.81. The molecule has 142 valence electrons. The summed E-state index contributed by atoms with van der Waals surface area (Å²) in [5, 5.41) is 17.8. The van der Waals surface area contributed by atoms with Gasteiger partial charge in [0.25, 0.3) is 0 Å². The average Bonchev–Trinajstić information content (AvgIpc) is 3.06. The molecule has 0 aliphatic heterocycles. The van der Waals surface area contributed by atoms with E-state index < -0.39 is 32.2 Å². The Morgan fingerprint density at radius 1 is 1.19 bits per heavy atom. The summed E-state index contributed by atoms with van der Waals surface area (Å²) >= 11 is 0. The molecular formula is C14H12F3N7O2S. The number of alkyl halides is 3. The summed E-state index contributed by atoms with van der Waals surface area (Å²) in [5.41, 5.74) is 4.70. The molecule has 0 saturated heterocycles. The van der Waals surface area contributed by atoms with Gasteiger partial charge in [-0.15, -0.1) is 10.2 Å². The van der Waals surface area contributed by atoms with Gasteiger partial charge in [-0.3, -0.25) is 0 Å². The standard InChI is InChI=1S/C14H12F3N7O2S/c1-6-4-10(18)20-5-8(6)7-2-3-9(14(15,16)17)12(27(19,25)26)11(7)13-21-23-24-22-13/h2-5H,1H3,(H2,18,20)(H2,19,25,26)(H,21,22,23,24). The number of nitrogens with zero attached hydrogens (tertiary/aromatic N) is 4. The lowest BCUT2D eigenvalue weighted by Crippen LogP contribution is -2.21. The molecule has 2 aromatic heterocycles. The molecule has 3 rings (SSSR count). The maximum atomic E-state index is 13.5. The van der Waals surface area contributed by atoms with E-state index in [1.807, 2.05) is 0 Å². The monoisotopic (exact) mass is 399 g/mol. The minimum atomic E-state index is -4.98. The summed E-state index contributed by atoms with van der Waals surface area (Å²) in [6.07, 6.45) is -3.67. The van der Waals surface area contributed by atoms with Crippen LogP contribution in [0.25, 0.3) is 22.5 Å². The van der Waals surface area contributed by atoms with Crippen molar-refractivity contribution >= 4 is 15.8 Å². The lowest BCUT2D eigenvalue weighted by Gasteiger charge is -2.18. The third kappa shape index (κ3) is 3.46. The quantitative estimate of drug-likeness (QED) is 0.603. The van der Waals surface area contributed by atoms with Crippen molar-refractivity contribution in [3.05, 3.63) is 35.5 Å². The van der Waals surface area contributed by atoms with Crippen LogP contribution in [0.15, 0.2) is 29.3 Å². The van der Waals surface area contributed by atoms with Gasteiger partial charge in [0.15, 0.2) is 0 Å². The Bertz CT molecular complexity index is 1110. The molecule has 5 N–H and O–H groups in total. The number of primary sulfonamides is 1. The number of tetrazole rings is 1. The maximum Gasteiger partial charge on any atom is 0.417 e. The Kier molecular flexibility index (Phi) is 4.35. The smallest absolute Gasteiger partial charge is 0.384 e. The van der Waals surface area contributed by atoms with E-state index in [9.17, 15) is 21.6 Å². The van der Waals surface area contributed by atoms with Crippen LogP contribution in [0.2, 0.25) is 0 Å². The second-order valence-corrected chi connectivity index (χ2v) is 7.07. The van der Waals surface area contributed by atoms with Gasteiger partial charge in [0.1, 0.15) is 10.7 Å². The highest BCUT2D eigenvalue weighted by Crippen LogP contribution is 2.43. The zero-order valence-corrected chi connectivity index (χ0v) is 14.4. The molecule has 2 heterocycles. The highest BCUT2D eigenvalue weighted by molar-refractivity contribution is 7.89. The Morgan fingerprint density at radius 3 is 2.41 bits per heavy atom. The Morgan fingerprint density at radius 2 is 1.89 bits per heavy atom. The van der Waals surface area contributed by atoms with Gasteiger partial charge >= 0.3 is 6.18 Å². The number of hydrogen-bond acceptors (Lipinski definition) is 7. The fourth-order valence-corrected chi connectivity index (χ4v) is 3.65. The Balaban J connectivity index is 2.50. The largest absolute Gasteiger partial charge is 0.417 e. The SMILES string of the molecule is Cc1cc(N)ncc1-c1ccc(C(F)(F)F)c(S(N)(=O)=O)c1-c1nn[nH]n1. The first-order valence-electron chi connectivity index (χ1n) is 7.23. The molecule has 3 aromatic rings. The number of pyridine rings is 1. The lowest BCUT2D eigenvalue weighted by molar-refractivity contribution is -0.139. The average molecular weight is 399 g/mol. The van der Waals surface area contributed by atoms with Gasteiger partial charge < -0.3 is 5.73 Å². The predicted molar refractivity (Wildman–Crippen MR) is 88.4 cm³/mol. The highest BCUT2D eigenvalue weighted by Gasteiger charge is 2.40. The van der Waals surface area contributed by atoms with Crippen LogP contribution in [-0.2, 0) is 16.2 Å². The minimum absolute atomic E-state index is 0.0819. The maximum absolute atomic E-state index is 13.5. The first kappa shape index (κ1) is 18.7. The molecule has 0 atom stereocenters. The third-order valence-electron chi connectivity index (χ3n) is 3.74. The molecule has 0 aliphatic rings. The second kappa shape index (κ2) is 6.28. The van der Waals surface area contributed by atoms with Crippen LogP contribution in [0.4, 0.5) is 19.0 Å². The zero-order chi connectivity index (χ0) is 20.0. The number of H-pyrrole nitrogens is 1. The van der Waals surface area contributed by atoms with Crippen molar-refractivity contribution in [1.82, 2.24) is 25.6 Å². The normalized spacial score (nSPS) is 12.3. The molecule has 0 fully saturated rings.